The largest absolute Gasteiger partial charge is 0.497 e. The van der Waals surface area contributed by atoms with Crippen molar-refractivity contribution in [3.63, 3.8) is 0 Å². The van der Waals surface area contributed by atoms with Gasteiger partial charge < -0.3 is 15.0 Å². The number of unbranched alkanes of at least 4 members (excludes halogenated alkanes) is 1. The molecule has 1 atom stereocenters. The minimum Gasteiger partial charge on any atom is -0.497 e. The first-order valence-electron chi connectivity index (χ1n) is 11.6. The minimum atomic E-state index is -0.537. The third kappa shape index (κ3) is 7.70. The fourth-order valence-electron chi connectivity index (χ4n) is 3.51. The molecule has 0 aliphatic heterocycles. The number of hydrogen-bond donors (Lipinski definition) is 1. The molecule has 0 fully saturated rings. The lowest BCUT2D eigenvalue weighted by molar-refractivity contribution is -0.140. The summed E-state index contributed by atoms with van der Waals surface area (Å²) < 4.78 is 5.23. The lowest BCUT2D eigenvalue weighted by atomic mass is 10.00. The van der Waals surface area contributed by atoms with Crippen LogP contribution < -0.4 is 10.1 Å². The molecule has 2 rings (SSSR count). The summed E-state index contributed by atoms with van der Waals surface area (Å²) in [4.78, 5) is 27.6. The predicted molar refractivity (Wildman–Crippen MR) is 130 cm³/mol. The predicted octanol–water partition coefficient (Wildman–Crippen LogP) is 5.08. The lowest BCUT2D eigenvalue weighted by Crippen LogP contribution is -2.47. The number of rotatable bonds is 12. The molecule has 0 radical (unpaired) electrons. The zero-order valence-electron chi connectivity index (χ0n) is 20.2. The molecule has 2 aromatic rings. The van der Waals surface area contributed by atoms with E-state index in [-0.39, 0.29) is 11.8 Å². The van der Waals surface area contributed by atoms with Crippen LogP contribution in [0.25, 0.3) is 0 Å². The summed E-state index contributed by atoms with van der Waals surface area (Å²) >= 11 is 0. The van der Waals surface area contributed by atoms with Crippen LogP contribution in [0.4, 0.5) is 0 Å². The Kier molecular flexibility index (Phi) is 10.3. The Morgan fingerprint density at radius 2 is 1.59 bits per heavy atom. The monoisotopic (exact) mass is 438 g/mol. The van der Waals surface area contributed by atoms with Crippen molar-refractivity contribution in [1.82, 2.24) is 10.2 Å². The van der Waals surface area contributed by atoms with Crippen LogP contribution in [-0.4, -0.2) is 36.4 Å². The van der Waals surface area contributed by atoms with Gasteiger partial charge in [-0.05, 0) is 54.5 Å². The van der Waals surface area contributed by atoms with Gasteiger partial charge in [0.15, 0.2) is 0 Å². The van der Waals surface area contributed by atoms with E-state index < -0.39 is 6.04 Å². The van der Waals surface area contributed by atoms with Crippen molar-refractivity contribution in [2.75, 3.05) is 13.7 Å². The molecule has 5 nitrogen and oxygen atoms in total. The second-order valence-corrected chi connectivity index (χ2v) is 8.59. The molecule has 174 valence electrons. The summed E-state index contributed by atoms with van der Waals surface area (Å²) in [6.45, 7) is 9.25. The van der Waals surface area contributed by atoms with Crippen LogP contribution in [0.1, 0.15) is 69.6 Å². The number of hydrogen-bond acceptors (Lipinski definition) is 3. The van der Waals surface area contributed by atoms with Crippen LogP contribution in [0.3, 0.4) is 0 Å². The molecule has 0 saturated heterocycles. The van der Waals surface area contributed by atoms with Crippen LogP contribution in [-0.2, 0) is 22.6 Å². The first-order valence-corrected chi connectivity index (χ1v) is 11.6. The fourth-order valence-corrected chi connectivity index (χ4v) is 3.51. The van der Waals surface area contributed by atoms with E-state index in [0.717, 1.165) is 29.7 Å². The average Bonchev–Trinajstić information content (AvgIpc) is 2.81. The number of aryl methyl sites for hydroxylation is 1. The van der Waals surface area contributed by atoms with Gasteiger partial charge in [0, 0.05) is 19.5 Å². The second kappa shape index (κ2) is 12.9. The molecule has 5 heteroatoms. The van der Waals surface area contributed by atoms with E-state index >= 15 is 0 Å². The maximum Gasteiger partial charge on any atom is 0.242 e. The smallest absolute Gasteiger partial charge is 0.242 e. The van der Waals surface area contributed by atoms with Gasteiger partial charge in [-0.1, -0.05) is 63.6 Å². The number of nitrogens with one attached hydrogen (secondary N) is 1. The Labute approximate surface area is 193 Å². The van der Waals surface area contributed by atoms with E-state index in [1.165, 1.54) is 5.56 Å². The number of ether oxygens (including phenoxy) is 1. The molecule has 0 unspecified atom stereocenters. The molecular weight excluding hydrogens is 400 g/mol. The molecule has 0 aliphatic carbocycles. The highest BCUT2D eigenvalue weighted by molar-refractivity contribution is 5.87. The van der Waals surface area contributed by atoms with E-state index in [4.69, 9.17) is 4.74 Å². The molecular formula is C27H38N2O3. The Morgan fingerprint density at radius 1 is 0.969 bits per heavy atom. The maximum absolute atomic E-state index is 13.2. The molecule has 0 aliphatic rings. The van der Waals surface area contributed by atoms with Gasteiger partial charge in [-0.3, -0.25) is 9.59 Å². The standard InChI is InChI=1S/C27H38N2O3/c1-6-7-18-28-27(31)21(4)29(19-23-10-15-25(32-5)16-11-23)26(30)17-12-22-8-13-24(14-9-22)20(2)3/h8-11,13-16,20-21H,6-7,12,17-19H2,1-5H3,(H,28,31)/t21-/m0/s1. The first-order chi connectivity index (χ1) is 15.3. The molecule has 0 heterocycles. The van der Waals surface area contributed by atoms with Crippen molar-refractivity contribution < 1.29 is 14.3 Å². The lowest BCUT2D eigenvalue weighted by Gasteiger charge is -2.29. The van der Waals surface area contributed by atoms with Crippen molar-refractivity contribution in [3.05, 3.63) is 65.2 Å². The molecule has 0 aromatic heterocycles. The van der Waals surface area contributed by atoms with Crippen LogP contribution >= 0.6 is 0 Å². The first kappa shape index (κ1) is 25.4. The van der Waals surface area contributed by atoms with Crippen LogP contribution in [0.15, 0.2) is 48.5 Å². The van der Waals surface area contributed by atoms with Crippen molar-refractivity contribution >= 4 is 11.8 Å². The SMILES string of the molecule is CCCCNC(=O)[C@H](C)N(Cc1ccc(OC)cc1)C(=O)CCc1ccc(C(C)C)cc1. The van der Waals surface area contributed by atoms with E-state index in [1.54, 1.807) is 18.9 Å². The summed E-state index contributed by atoms with van der Waals surface area (Å²) in [5.41, 5.74) is 3.39. The number of amides is 2. The summed E-state index contributed by atoms with van der Waals surface area (Å²) in [6, 6.07) is 15.5. The quantitative estimate of drug-likeness (QED) is 0.470. The van der Waals surface area contributed by atoms with Crippen molar-refractivity contribution in [3.8, 4) is 5.75 Å². The summed E-state index contributed by atoms with van der Waals surface area (Å²) in [5.74, 6) is 1.12. The van der Waals surface area contributed by atoms with E-state index in [9.17, 15) is 9.59 Å². The third-order valence-corrected chi connectivity index (χ3v) is 5.78. The number of methoxy groups -OCH3 is 1. The second-order valence-electron chi connectivity index (χ2n) is 8.59. The summed E-state index contributed by atoms with van der Waals surface area (Å²) in [7, 11) is 1.63. The van der Waals surface area contributed by atoms with Gasteiger partial charge in [0.2, 0.25) is 11.8 Å². The normalized spacial score (nSPS) is 11.8. The summed E-state index contributed by atoms with van der Waals surface area (Å²) in [5, 5.41) is 2.96. The molecule has 1 N–H and O–H groups in total. The van der Waals surface area contributed by atoms with Crippen molar-refractivity contribution in [2.45, 2.75) is 71.9 Å². The van der Waals surface area contributed by atoms with Gasteiger partial charge in [-0.15, -0.1) is 0 Å². The van der Waals surface area contributed by atoms with E-state index in [2.05, 4.69) is 50.4 Å². The molecule has 0 spiro atoms. The van der Waals surface area contributed by atoms with Crippen molar-refractivity contribution in [1.29, 1.82) is 0 Å². The zero-order valence-corrected chi connectivity index (χ0v) is 20.2. The van der Waals surface area contributed by atoms with Gasteiger partial charge in [-0.2, -0.15) is 0 Å². The maximum atomic E-state index is 13.2. The van der Waals surface area contributed by atoms with Gasteiger partial charge in [0.1, 0.15) is 11.8 Å². The highest BCUT2D eigenvalue weighted by Crippen LogP contribution is 2.18. The Hall–Kier alpha value is -2.82. The average molecular weight is 439 g/mol. The number of benzene rings is 2. The van der Waals surface area contributed by atoms with Crippen LogP contribution in [0.2, 0.25) is 0 Å². The molecule has 2 aromatic carbocycles. The minimum absolute atomic E-state index is 0.0214. The molecule has 0 bridgehead atoms. The van der Waals surface area contributed by atoms with Gasteiger partial charge in [0.05, 0.1) is 7.11 Å². The highest BCUT2D eigenvalue weighted by atomic mass is 16.5. The number of carbonyl (C=O) groups is 2. The number of carbonyl (C=O) groups excluding carboxylic acids is 2. The molecule has 2 amide bonds. The Balaban J connectivity index is 2.10. The Morgan fingerprint density at radius 3 is 2.16 bits per heavy atom. The summed E-state index contributed by atoms with van der Waals surface area (Å²) in [6.07, 6.45) is 2.96. The van der Waals surface area contributed by atoms with Crippen LogP contribution in [0, 0.1) is 0 Å². The Bertz CT molecular complexity index is 844. The molecule has 32 heavy (non-hydrogen) atoms. The van der Waals surface area contributed by atoms with E-state index in [1.807, 2.05) is 24.3 Å². The van der Waals surface area contributed by atoms with Gasteiger partial charge >= 0.3 is 0 Å². The van der Waals surface area contributed by atoms with E-state index in [0.29, 0.717) is 31.8 Å². The fraction of sp³-hybridized carbons (Fsp3) is 0.481. The van der Waals surface area contributed by atoms with Crippen molar-refractivity contribution in [2.24, 2.45) is 0 Å². The van der Waals surface area contributed by atoms with Crippen LogP contribution in [0.5, 0.6) is 5.75 Å². The zero-order chi connectivity index (χ0) is 23.5. The third-order valence-electron chi connectivity index (χ3n) is 5.78. The topological polar surface area (TPSA) is 58.6 Å². The molecule has 0 saturated carbocycles. The van der Waals surface area contributed by atoms with Gasteiger partial charge in [-0.25, -0.2) is 0 Å². The highest BCUT2D eigenvalue weighted by Gasteiger charge is 2.25. The van der Waals surface area contributed by atoms with Gasteiger partial charge in [0.25, 0.3) is 0 Å². The number of nitrogens with zero attached hydrogens (tertiary/aromatic N) is 1.